The molecule has 0 spiro atoms. The van der Waals surface area contributed by atoms with Gasteiger partial charge in [0.25, 0.3) is 0 Å². The molecule has 20 heavy (non-hydrogen) atoms. The average molecular weight is 273 g/mol. The van der Waals surface area contributed by atoms with Gasteiger partial charge in [0.1, 0.15) is 17.5 Å². The van der Waals surface area contributed by atoms with Crippen LogP contribution in [0.25, 0.3) is 22.4 Å². The lowest BCUT2D eigenvalue weighted by molar-refractivity contribution is 0.601. The van der Waals surface area contributed by atoms with Crippen molar-refractivity contribution in [1.29, 1.82) is 0 Å². The molecule has 2 N–H and O–H groups in total. The van der Waals surface area contributed by atoms with Crippen LogP contribution in [0.2, 0.25) is 0 Å². The van der Waals surface area contributed by atoms with Gasteiger partial charge in [0, 0.05) is 13.6 Å². The first-order valence-corrected chi connectivity index (χ1v) is 6.21. The van der Waals surface area contributed by atoms with E-state index >= 15 is 0 Å². The van der Waals surface area contributed by atoms with Crippen molar-refractivity contribution in [2.45, 2.75) is 6.54 Å². The Labute approximate surface area is 114 Å². The van der Waals surface area contributed by atoms with Crippen LogP contribution in [0.3, 0.4) is 0 Å². The molecule has 0 unspecified atom stereocenters. The second-order valence-corrected chi connectivity index (χ2v) is 4.61. The second kappa shape index (κ2) is 4.68. The molecule has 0 amide bonds. The Bertz CT molecular complexity index is 793. The molecule has 3 nitrogen and oxygen atoms in total. The first-order chi connectivity index (χ1) is 9.61. The van der Waals surface area contributed by atoms with Crippen molar-refractivity contribution in [3.05, 3.63) is 53.6 Å². The highest BCUT2D eigenvalue weighted by molar-refractivity contribution is 5.83. The zero-order valence-electron chi connectivity index (χ0n) is 10.9. The van der Waals surface area contributed by atoms with Crippen molar-refractivity contribution in [1.82, 2.24) is 9.55 Å². The quantitative estimate of drug-likeness (QED) is 0.780. The van der Waals surface area contributed by atoms with E-state index in [4.69, 9.17) is 5.73 Å². The van der Waals surface area contributed by atoms with Crippen LogP contribution in [0.15, 0.2) is 36.4 Å². The molecule has 0 bridgehead atoms. The molecule has 102 valence electrons. The van der Waals surface area contributed by atoms with Crippen LogP contribution in [-0.4, -0.2) is 9.55 Å². The molecule has 0 aliphatic rings. The van der Waals surface area contributed by atoms with Gasteiger partial charge in [-0.15, -0.1) is 0 Å². The fourth-order valence-electron chi connectivity index (χ4n) is 2.35. The molecule has 0 aliphatic carbocycles. The number of aryl methyl sites for hydroxylation is 1. The van der Waals surface area contributed by atoms with Crippen molar-refractivity contribution in [3.8, 4) is 11.4 Å². The van der Waals surface area contributed by atoms with Gasteiger partial charge in [0.15, 0.2) is 0 Å². The van der Waals surface area contributed by atoms with Crippen LogP contribution in [0, 0.1) is 11.6 Å². The van der Waals surface area contributed by atoms with E-state index in [2.05, 4.69) is 4.98 Å². The van der Waals surface area contributed by atoms with Gasteiger partial charge in [0.05, 0.1) is 16.6 Å². The maximum Gasteiger partial charge on any atom is 0.143 e. The number of hydrogen-bond donors (Lipinski definition) is 1. The Hall–Kier alpha value is -2.27. The van der Waals surface area contributed by atoms with E-state index in [0.717, 1.165) is 34.8 Å². The summed E-state index contributed by atoms with van der Waals surface area (Å²) < 4.78 is 29.0. The Morgan fingerprint density at radius 1 is 1.20 bits per heavy atom. The van der Waals surface area contributed by atoms with Crippen LogP contribution in [0.5, 0.6) is 0 Å². The topological polar surface area (TPSA) is 43.8 Å². The average Bonchev–Trinajstić information content (AvgIpc) is 2.79. The fraction of sp³-hybridized carbons (Fsp3) is 0.133. The van der Waals surface area contributed by atoms with Gasteiger partial charge >= 0.3 is 0 Å². The van der Waals surface area contributed by atoms with Gasteiger partial charge in [-0.3, -0.25) is 0 Å². The van der Waals surface area contributed by atoms with Gasteiger partial charge in [-0.25, -0.2) is 13.8 Å². The Balaban J connectivity index is 2.32. The van der Waals surface area contributed by atoms with Gasteiger partial charge in [-0.1, -0.05) is 12.1 Å². The lowest BCUT2D eigenvalue weighted by Gasteiger charge is -2.04. The van der Waals surface area contributed by atoms with E-state index in [0.29, 0.717) is 12.4 Å². The Morgan fingerprint density at radius 2 is 2.00 bits per heavy atom. The summed E-state index contributed by atoms with van der Waals surface area (Å²) in [6.07, 6.45) is 0. The summed E-state index contributed by atoms with van der Waals surface area (Å²) in [6.45, 7) is 0.347. The SMILES string of the molecule is Cn1c(-c2cc(F)ccc2F)nc2c(CN)cccc21. The Morgan fingerprint density at radius 3 is 2.75 bits per heavy atom. The first kappa shape index (κ1) is 12.7. The second-order valence-electron chi connectivity index (χ2n) is 4.61. The maximum atomic E-state index is 13.9. The predicted octanol–water partition coefficient (Wildman–Crippen LogP) is 2.98. The normalized spacial score (nSPS) is 11.2. The zero-order valence-corrected chi connectivity index (χ0v) is 10.9. The number of rotatable bonds is 2. The van der Waals surface area contributed by atoms with E-state index in [1.165, 1.54) is 0 Å². The third-order valence-electron chi connectivity index (χ3n) is 3.38. The number of para-hydroxylation sites is 1. The van der Waals surface area contributed by atoms with Gasteiger partial charge in [0.2, 0.25) is 0 Å². The summed E-state index contributed by atoms with van der Waals surface area (Å²) in [5, 5.41) is 0. The highest BCUT2D eigenvalue weighted by atomic mass is 19.1. The minimum atomic E-state index is -0.501. The number of aromatic nitrogens is 2. The van der Waals surface area contributed by atoms with E-state index < -0.39 is 11.6 Å². The summed E-state index contributed by atoms with van der Waals surface area (Å²) in [6, 6.07) is 8.97. The first-order valence-electron chi connectivity index (χ1n) is 6.21. The van der Waals surface area contributed by atoms with Crippen molar-refractivity contribution >= 4 is 11.0 Å². The van der Waals surface area contributed by atoms with Gasteiger partial charge in [-0.2, -0.15) is 0 Å². The highest BCUT2D eigenvalue weighted by Gasteiger charge is 2.15. The number of hydrogen-bond acceptors (Lipinski definition) is 2. The van der Waals surface area contributed by atoms with Crippen molar-refractivity contribution in [2.24, 2.45) is 12.8 Å². The molecule has 2 aromatic carbocycles. The summed E-state index contributed by atoms with van der Waals surface area (Å²) >= 11 is 0. The van der Waals surface area contributed by atoms with Crippen LogP contribution in [0.4, 0.5) is 8.78 Å². The highest BCUT2D eigenvalue weighted by Crippen LogP contribution is 2.27. The molecule has 0 saturated heterocycles. The summed E-state index contributed by atoms with van der Waals surface area (Å²) in [7, 11) is 1.77. The predicted molar refractivity (Wildman–Crippen MR) is 74.0 cm³/mol. The molecule has 0 fully saturated rings. The lowest BCUT2D eigenvalue weighted by atomic mass is 10.2. The maximum absolute atomic E-state index is 13.9. The van der Waals surface area contributed by atoms with E-state index in [9.17, 15) is 8.78 Å². The van der Waals surface area contributed by atoms with Crippen LogP contribution < -0.4 is 5.73 Å². The van der Waals surface area contributed by atoms with E-state index in [1.54, 1.807) is 11.6 Å². The fourth-order valence-corrected chi connectivity index (χ4v) is 2.35. The summed E-state index contributed by atoms with van der Waals surface area (Å²) in [5.41, 5.74) is 8.26. The molecule has 3 aromatic rings. The zero-order chi connectivity index (χ0) is 14.3. The molecule has 1 heterocycles. The molecule has 0 atom stereocenters. The third kappa shape index (κ3) is 1.87. The molecular formula is C15H13F2N3. The molecule has 1 aromatic heterocycles. The number of imidazole rings is 1. The molecule has 5 heteroatoms. The molecule has 0 saturated carbocycles. The Kier molecular flexibility index (Phi) is 2.99. The van der Waals surface area contributed by atoms with Crippen molar-refractivity contribution in [2.75, 3.05) is 0 Å². The number of halogens is 2. The number of fused-ring (bicyclic) bond motifs is 1. The number of benzene rings is 2. The van der Waals surface area contributed by atoms with Gasteiger partial charge < -0.3 is 10.3 Å². The van der Waals surface area contributed by atoms with Crippen molar-refractivity contribution < 1.29 is 8.78 Å². The van der Waals surface area contributed by atoms with Crippen molar-refractivity contribution in [3.63, 3.8) is 0 Å². The summed E-state index contributed by atoms with van der Waals surface area (Å²) in [4.78, 5) is 4.43. The minimum Gasteiger partial charge on any atom is -0.327 e. The molecule has 0 radical (unpaired) electrons. The van der Waals surface area contributed by atoms with Crippen LogP contribution in [-0.2, 0) is 13.6 Å². The van der Waals surface area contributed by atoms with E-state index in [1.807, 2.05) is 18.2 Å². The lowest BCUT2D eigenvalue weighted by Crippen LogP contribution is -1.97. The van der Waals surface area contributed by atoms with E-state index in [-0.39, 0.29) is 5.56 Å². The minimum absolute atomic E-state index is 0.145. The summed E-state index contributed by atoms with van der Waals surface area (Å²) in [5.74, 6) is -0.607. The third-order valence-corrected chi connectivity index (χ3v) is 3.38. The number of nitrogens with two attached hydrogens (primary N) is 1. The van der Waals surface area contributed by atoms with Crippen LogP contribution >= 0.6 is 0 Å². The van der Waals surface area contributed by atoms with Gasteiger partial charge in [-0.05, 0) is 29.8 Å². The largest absolute Gasteiger partial charge is 0.327 e. The number of nitrogens with zero attached hydrogens (tertiary/aromatic N) is 2. The molecule has 3 rings (SSSR count). The molecular weight excluding hydrogens is 260 g/mol. The van der Waals surface area contributed by atoms with Crippen LogP contribution in [0.1, 0.15) is 5.56 Å². The smallest absolute Gasteiger partial charge is 0.143 e. The standard InChI is InChI=1S/C15H13F2N3/c1-20-13-4-2-3-9(8-18)14(13)19-15(20)11-7-10(16)5-6-12(11)17/h2-7H,8,18H2,1H3. The monoisotopic (exact) mass is 273 g/mol. The molecule has 0 aliphatic heterocycles.